The highest BCUT2D eigenvalue weighted by atomic mass is 16.1. The third-order valence-corrected chi connectivity index (χ3v) is 4.06. The molecule has 4 nitrogen and oxygen atoms in total. The molecule has 2 heterocycles. The summed E-state index contributed by atoms with van der Waals surface area (Å²) in [6, 6.07) is 8.32. The van der Waals surface area contributed by atoms with E-state index in [2.05, 4.69) is 10.6 Å². The Bertz CT molecular complexity index is 691. The fourth-order valence-electron chi connectivity index (χ4n) is 2.86. The molecule has 1 aromatic heterocycles. The van der Waals surface area contributed by atoms with Crippen LogP contribution in [-0.4, -0.2) is 23.5 Å². The van der Waals surface area contributed by atoms with Gasteiger partial charge >= 0.3 is 0 Å². The molecule has 0 bridgehead atoms. The van der Waals surface area contributed by atoms with Crippen molar-refractivity contribution in [3.63, 3.8) is 0 Å². The van der Waals surface area contributed by atoms with E-state index >= 15 is 0 Å². The quantitative estimate of drug-likeness (QED) is 0.872. The number of benzene rings is 1. The topological polar surface area (TPSA) is 54.0 Å². The Hall–Kier alpha value is -1.94. The van der Waals surface area contributed by atoms with Crippen molar-refractivity contribution in [1.82, 2.24) is 15.6 Å². The Balaban J connectivity index is 1.91. The smallest absolute Gasteiger partial charge is 0.252 e. The molecule has 1 aliphatic carbocycles. The minimum Gasteiger partial charge on any atom is -0.349 e. The van der Waals surface area contributed by atoms with Gasteiger partial charge < -0.3 is 10.6 Å². The van der Waals surface area contributed by atoms with Crippen molar-refractivity contribution in [3.8, 4) is 0 Å². The van der Waals surface area contributed by atoms with Gasteiger partial charge in [0.15, 0.2) is 0 Å². The van der Waals surface area contributed by atoms with E-state index in [1.54, 1.807) is 0 Å². The van der Waals surface area contributed by atoms with E-state index in [1.165, 1.54) is 0 Å². The van der Waals surface area contributed by atoms with Gasteiger partial charge in [0.05, 0.1) is 11.1 Å². The van der Waals surface area contributed by atoms with Crippen LogP contribution in [0.3, 0.4) is 0 Å². The first-order valence-corrected chi connectivity index (χ1v) is 7.25. The zero-order valence-corrected chi connectivity index (χ0v) is 11.3. The van der Waals surface area contributed by atoms with E-state index in [4.69, 9.17) is 4.98 Å². The summed E-state index contributed by atoms with van der Waals surface area (Å²) >= 11 is 0. The first-order chi connectivity index (χ1) is 9.83. The summed E-state index contributed by atoms with van der Waals surface area (Å²) in [4.78, 5) is 17.3. The minimum absolute atomic E-state index is 0.0612. The molecule has 1 aliphatic heterocycles. The molecule has 0 saturated heterocycles. The van der Waals surface area contributed by atoms with Gasteiger partial charge in [-0.2, -0.15) is 0 Å². The zero-order valence-electron chi connectivity index (χ0n) is 11.3. The van der Waals surface area contributed by atoms with Crippen molar-refractivity contribution in [1.29, 1.82) is 0 Å². The summed E-state index contributed by atoms with van der Waals surface area (Å²) in [5, 5.41) is 7.43. The number of fused-ring (bicyclic) bond motifs is 2. The molecule has 2 N–H and O–H groups in total. The number of nitrogens with zero attached hydrogens (tertiary/aromatic N) is 1. The molecule has 1 fully saturated rings. The molecule has 4 rings (SSSR count). The molecule has 2 aromatic rings. The summed E-state index contributed by atoms with van der Waals surface area (Å²) in [5.41, 5.74) is 3.90. The van der Waals surface area contributed by atoms with Crippen molar-refractivity contribution < 1.29 is 4.79 Å². The molecular weight excluding hydrogens is 250 g/mol. The Kier molecular flexibility index (Phi) is 2.70. The lowest BCUT2D eigenvalue weighted by atomic mass is 9.96. The predicted octanol–water partition coefficient (Wildman–Crippen LogP) is 1.77. The number of rotatable bonds is 2. The lowest BCUT2D eigenvalue weighted by molar-refractivity contribution is 0.0951. The van der Waals surface area contributed by atoms with Crippen LogP contribution in [0, 0.1) is 0 Å². The number of hydrogen-bond acceptors (Lipinski definition) is 3. The Morgan fingerprint density at radius 1 is 1.30 bits per heavy atom. The van der Waals surface area contributed by atoms with E-state index in [9.17, 15) is 4.79 Å². The second kappa shape index (κ2) is 4.56. The second-order valence-electron chi connectivity index (χ2n) is 5.60. The fraction of sp³-hybridized carbons (Fsp3) is 0.375. The van der Waals surface area contributed by atoms with Crippen LogP contribution < -0.4 is 10.6 Å². The van der Waals surface area contributed by atoms with E-state index in [0.717, 1.165) is 60.1 Å². The normalized spacial score (nSPS) is 17.8. The van der Waals surface area contributed by atoms with Crippen LogP contribution in [0.2, 0.25) is 0 Å². The molecule has 1 aromatic carbocycles. The second-order valence-corrected chi connectivity index (χ2v) is 5.60. The van der Waals surface area contributed by atoms with Crippen LogP contribution in [0.5, 0.6) is 0 Å². The maximum absolute atomic E-state index is 12.6. The minimum atomic E-state index is 0.0612. The van der Waals surface area contributed by atoms with Crippen molar-refractivity contribution >= 4 is 16.8 Å². The first kappa shape index (κ1) is 11.9. The maximum Gasteiger partial charge on any atom is 0.252 e. The molecule has 0 spiro atoms. The molecule has 1 amide bonds. The number of pyridine rings is 1. The Morgan fingerprint density at radius 3 is 3.00 bits per heavy atom. The SMILES string of the molecule is O=C(NC1CC1)c1c2c(nc3ccccc13)CCNC2. The molecule has 4 heteroatoms. The van der Waals surface area contributed by atoms with E-state index in [-0.39, 0.29) is 5.91 Å². The highest BCUT2D eigenvalue weighted by molar-refractivity contribution is 6.07. The fourth-order valence-corrected chi connectivity index (χ4v) is 2.86. The van der Waals surface area contributed by atoms with Crippen molar-refractivity contribution in [3.05, 3.63) is 41.1 Å². The standard InChI is InChI=1S/C16H17N3O/c20-16(18-10-5-6-10)15-11-3-1-2-4-13(11)19-14-7-8-17-9-12(14)15/h1-4,10,17H,5-9H2,(H,18,20). The average molecular weight is 267 g/mol. The van der Waals surface area contributed by atoms with Gasteiger partial charge in [0, 0.05) is 42.2 Å². The lowest BCUT2D eigenvalue weighted by Gasteiger charge is -2.21. The van der Waals surface area contributed by atoms with E-state index in [1.807, 2.05) is 24.3 Å². The van der Waals surface area contributed by atoms with E-state index in [0.29, 0.717) is 6.04 Å². The molecule has 1 saturated carbocycles. The van der Waals surface area contributed by atoms with Crippen molar-refractivity contribution in [2.75, 3.05) is 6.54 Å². The lowest BCUT2D eigenvalue weighted by Crippen LogP contribution is -2.31. The van der Waals surface area contributed by atoms with Gasteiger partial charge in [0.1, 0.15) is 0 Å². The van der Waals surface area contributed by atoms with Gasteiger partial charge in [0.25, 0.3) is 5.91 Å². The number of hydrogen-bond donors (Lipinski definition) is 2. The van der Waals surface area contributed by atoms with Gasteiger partial charge in [-0.05, 0) is 18.9 Å². The molecule has 2 aliphatic rings. The Morgan fingerprint density at radius 2 is 2.15 bits per heavy atom. The molecular formula is C16H17N3O. The monoisotopic (exact) mass is 267 g/mol. The summed E-state index contributed by atoms with van der Waals surface area (Å²) in [6.45, 7) is 1.67. The number of carbonyl (C=O) groups is 1. The van der Waals surface area contributed by atoms with Crippen molar-refractivity contribution in [2.45, 2.75) is 31.8 Å². The number of para-hydroxylation sites is 1. The molecule has 0 radical (unpaired) electrons. The van der Waals surface area contributed by atoms with Crippen molar-refractivity contribution in [2.24, 2.45) is 0 Å². The van der Waals surface area contributed by atoms with E-state index < -0.39 is 0 Å². The van der Waals surface area contributed by atoms with Crippen LogP contribution in [-0.2, 0) is 13.0 Å². The molecule has 0 unspecified atom stereocenters. The zero-order chi connectivity index (χ0) is 13.5. The van der Waals surface area contributed by atoms with Gasteiger partial charge in [-0.15, -0.1) is 0 Å². The molecule has 0 atom stereocenters. The highest BCUT2D eigenvalue weighted by Crippen LogP contribution is 2.27. The van der Waals surface area contributed by atoms with Crippen LogP contribution >= 0.6 is 0 Å². The summed E-state index contributed by atoms with van der Waals surface area (Å²) in [6.07, 6.45) is 3.11. The first-order valence-electron chi connectivity index (χ1n) is 7.25. The van der Waals surface area contributed by atoms with Gasteiger partial charge in [-0.25, -0.2) is 0 Å². The molecule has 102 valence electrons. The third-order valence-electron chi connectivity index (χ3n) is 4.06. The molecule has 20 heavy (non-hydrogen) atoms. The number of amides is 1. The van der Waals surface area contributed by atoms with Gasteiger partial charge in [-0.1, -0.05) is 18.2 Å². The summed E-state index contributed by atoms with van der Waals surface area (Å²) in [5.74, 6) is 0.0612. The van der Waals surface area contributed by atoms with Crippen LogP contribution in [0.25, 0.3) is 10.9 Å². The summed E-state index contributed by atoms with van der Waals surface area (Å²) < 4.78 is 0. The third kappa shape index (κ3) is 1.96. The average Bonchev–Trinajstić information content (AvgIpc) is 3.28. The Labute approximate surface area is 117 Å². The van der Waals surface area contributed by atoms with Crippen LogP contribution in [0.1, 0.15) is 34.5 Å². The number of aromatic nitrogens is 1. The summed E-state index contributed by atoms with van der Waals surface area (Å²) in [7, 11) is 0. The maximum atomic E-state index is 12.6. The van der Waals surface area contributed by atoms with Gasteiger partial charge in [0.2, 0.25) is 0 Å². The highest BCUT2D eigenvalue weighted by Gasteiger charge is 2.27. The number of nitrogens with one attached hydrogen (secondary N) is 2. The largest absolute Gasteiger partial charge is 0.349 e. The number of carbonyl (C=O) groups excluding carboxylic acids is 1. The van der Waals surface area contributed by atoms with Crippen LogP contribution in [0.4, 0.5) is 0 Å². The van der Waals surface area contributed by atoms with Crippen LogP contribution in [0.15, 0.2) is 24.3 Å². The van der Waals surface area contributed by atoms with Gasteiger partial charge in [-0.3, -0.25) is 9.78 Å². The predicted molar refractivity (Wildman–Crippen MR) is 77.6 cm³/mol.